The minimum atomic E-state index is -3.92. The number of benzene rings is 1. The molecule has 0 unspecified atom stereocenters. The van der Waals surface area contributed by atoms with Crippen LogP contribution >= 0.6 is 0 Å². The SMILES string of the molecule is C=Cc1ccccc1.CS(=O)(=O)[O-].[Na+]. The van der Waals surface area contributed by atoms with Gasteiger partial charge in [-0.1, -0.05) is 43.0 Å². The van der Waals surface area contributed by atoms with Gasteiger partial charge in [0.2, 0.25) is 0 Å². The zero-order valence-corrected chi connectivity index (χ0v) is 11.1. The summed E-state index contributed by atoms with van der Waals surface area (Å²) in [5, 5.41) is 0. The van der Waals surface area contributed by atoms with Crippen LogP contribution < -0.4 is 29.6 Å². The Balaban J connectivity index is 0. The molecule has 0 bridgehead atoms. The summed E-state index contributed by atoms with van der Waals surface area (Å²) in [6.45, 7) is 3.63. The molecule has 1 aromatic rings. The molecule has 72 valence electrons. The summed E-state index contributed by atoms with van der Waals surface area (Å²) in [6, 6.07) is 10.0. The van der Waals surface area contributed by atoms with Gasteiger partial charge in [-0.2, -0.15) is 0 Å². The van der Waals surface area contributed by atoms with Gasteiger partial charge in [-0.15, -0.1) is 0 Å². The first-order chi connectivity index (χ1) is 5.93. The first-order valence-corrected chi connectivity index (χ1v) is 5.33. The Morgan fingerprint density at radius 1 is 1.29 bits per heavy atom. The van der Waals surface area contributed by atoms with Crippen LogP contribution in [0.1, 0.15) is 5.56 Å². The summed E-state index contributed by atoms with van der Waals surface area (Å²) in [4.78, 5) is 0. The van der Waals surface area contributed by atoms with E-state index in [-0.39, 0.29) is 29.6 Å². The van der Waals surface area contributed by atoms with Crippen molar-refractivity contribution >= 4 is 16.2 Å². The molecule has 3 nitrogen and oxygen atoms in total. The van der Waals surface area contributed by atoms with Crippen molar-refractivity contribution in [2.24, 2.45) is 0 Å². The number of hydrogen-bond donors (Lipinski definition) is 0. The molecular formula is C9H11NaO3S. The summed E-state index contributed by atoms with van der Waals surface area (Å²) < 4.78 is 27.2. The third-order valence-corrected chi connectivity index (χ3v) is 1.04. The van der Waals surface area contributed by atoms with E-state index in [9.17, 15) is 0 Å². The molecule has 0 atom stereocenters. The summed E-state index contributed by atoms with van der Waals surface area (Å²) in [7, 11) is -3.92. The van der Waals surface area contributed by atoms with Gasteiger partial charge < -0.3 is 4.55 Å². The third-order valence-electron chi connectivity index (χ3n) is 1.04. The molecular weight excluding hydrogens is 211 g/mol. The van der Waals surface area contributed by atoms with E-state index in [1.54, 1.807) is 0 Å². The van der Waals surface area contributed by atoms with E-state index >= 15 is 0 Å². The zero-order chi connectivity index (χ0) is 10.3. The smallest absolute Gasteiger partial charge is 0.748 e. The van der Waals surface area contributed by atoms with Gasteiger partial charge in [-0.05, 0) is 5.56 Å². The van der Waals surface area contributed by atoms with Crippen molar-refractivity contribution in [2.75, 3.05) is 6.26 Å². The normalized spacial score (nSPS) is 9.00. The quantitative estimate of drug-likeness (QED) is 0.429. The maximum Gasteiger partial charge on any atom is 1.00 e. The molecule has 0 fully saturated rings. The molecule has 0 amide bonds. The average Bonchev–Trinajstić information content (AvgIpc) is 2.03. The van der Waals surface area contributed by atoms with Crippen LogP contribution in [0.4, 0.5) is 0 Å². The Kier molecular flexibility index (Phi) is 9.55. The molecule has 14 heavy (non-hydrogen) atoms. The van der Waals surface area contributed by atoms with Gasteiger partial charge in [0.25, 0.3) is 0 Å². The van der Waals surface area contributed by atoms with E-state index in [2.05, 4.69) is 6.58 Å². The maximum atomic E-state index is 9.08. The van der Waals surface area contributed by atoms with E-state index in [1.165, 1.54) is 5.56 Å². The molecule has 0 aliphatic rings. The summed E-state index contributed by atoms with van der Waals surface area (Å²) in [6.07, 6.45) is 2.44. The van der Waals surface area contributed by atoms with E-state index in [1.807, 2.05) is 36.4 Å². The molecule has 0 aliphatic carbocycles. The van der Waals surface area contributed by atoms with Crippen LogP contribution in [0.15, 0.2) is 36.9 Å². The fourth-order valence-electron chi connectivity index (χ4n) is 0.589. The maximum absolute atomic E-state index is 9.08. The van der Waals surface area contributed by atoms with Gasteiger partial charge in [0, 0.05) is 6.26 Å². The Morgan fingerprint density at radius 2 is 1.64 bits per heavy atom. The minimum absolute atomic E-state index is 0. The van der Waals surface area contributed by atoms with Crippen molar-refractivity contribution in [3.8, 4) is 0 Å². The van der Waals surface area contributed by atoms with Crippen molar-refractivity contribution in [3.05, 3.63) is 42.5 Å². The van der Waals surface area contributed by atoms with E-state index in [0.717, 1.165) is 0 Å². The Hall–Kier alpha value is -0.130. The predicted molar refractivity (Wildman–Crippen MR) is 52.2 cm³/mol. The van der Waals surface area contributed by atoms with Gasteiger partial charge in [0.05, 0.1) is 10.1 Å². The second kappa shape index (κ2) is 8.20. The van der Waals surface area contributed by atoms with Crippen molar-refractivity contribution in [3.63, 3.8) is 0 Å². The van der Waals surface area contributed by atoms with Crippen LogP contribution in [0, 0.1) is 0 Å². The number of hydrogen-bond acceptors (Lipinski definition) is 3. The molecule has 0 heterocycles. The van der Waals surface area contributed by atoms with Gasteiger partial charge in [-0.3, -0.25) is 0 Å². The molecule has 1 aromatic carbocycles. The molecule has 0 aromatic heterocycles. The summed E-state index contributed by atoms with van der Waals surface area (Å²) in [5.74, 6) is 0. The van der Waals surface area contributed by atoms with E-state index in [4.69, 9.17) is 13.0 Å². The van der Waals surface area contributed by atoms with Crippen LogP contribution in [0.5, 0.6) is 0 Å². The minimum Gasteiger partial charge on any atom is -0.748 e. The van der Waals surface area contributed by atoms with Crippen molar-refractivity contribution in [1.82, 2.24) is 0 Å². The molecule has 0 saturated carbocycles. The van der Waals surface area contributed by atoms with Gasteiger partial charge >= 0.3 is 29.6 Å². The van der Waals surface area contributed by atoms with E-state index < -0.39 is 10.1 Å². The number of rotatable bonds is 1. The van der Waals surface area contributed by atoms with Crippen LogP contribution in [0.25, 0.3) is 6.08 Å². The first kappa shape index (κ1) is 16.3. The molecule has 5 heteroatoms. The molecule has 0 aliphatic heterocycles. The molecule has 0 saturated heterocycles. The largest absolute Gasteiger partial charge is 1.00 e. The third kappa shape index (κ3) is 14.4. The summed E-state index contributed by atoms with van der Waals surface area (Å²) in [5.41, 5.74) is 1.17. The van der Waals surface area contributed by atoms with Gasteiger partial charge in [0.1, 0.15) is 0 Å². The van der Waals surface area contributed by atoms with Crippen LogP contribution in [0.2, 0.25) is 0 Å². The Labute approximate surface area is 107 Å². The molecule has 0 radical (unpaired) electrons. The summed E-state index contributed by atoms with van der Waals surface area (Å²) >= 11 is 0. The van der Waals surface area contributed by atoms with Crippen LogP contribution in [-0.2, 0) is 10.1 Å². The molecule has 1 rings (SSSR count). The van der Waals surface area contributed by atoms with E-state index in [0.29, 0.717) is 6.26 Å². The fourth-order valence-corrected chi connectivity index (χ4v) is 0.589. The zero-order valence-electron chi connectivity index (χ0n) is 8.30. The van der Waals surface area contributed by atoms with Crippen molar-refractivity contribution < 1.29 is 42.5 Å². The fraction of sp³-hybridized carbons (Fsp3) is 0.111. The Morgan fingerprint density at radius 3 is 1.86 bits per heavy atom. The second-order valence-corrected chi connectivity index (χ2v) is 3.73. The van der Waals surface area contributed by atoms with Gasteiger partial charge in [-0.25, -0.2) is 8.42 Å². The second-order valence-electron chi connectivity index (χ2n) is 2.32. The predicted octanol–water partition coefficient (Wildman–Crippen LogP) is -1.50. The first-order valence-electron chi connectivity index (χ1n) is 3.52. The average molecular weight is 222 g/mol. The Bertz CT molecular complexity index is 338. The van der Waals surface area contributed by atoms with Crippen LogP contribution in [-0.4, -0.2) is 19.2 Å². The topological polar surface area (TPSA) is 57.2 Å². The van der Waals surface area contributed by atoms with Gasteiger partial charge in [0.15, 0.2) is 0 Å². The standard InChI is InChI=1S/C8H8.CH4O3S.Na/c1-2-8-6-4-3-5-7-8;1-5(2,3)4;/h2-7H,1H2;1H3,(H,2,3,4);/q;;+1/p-1. The van der Waals surface area contributed by atoms with Crippen LogP contribution in [0.3, 0.4) is 0 Å². The van der Waals surface area contributed by atoms with Crippen molar-refractivity contribution in [1.29, 1.82) is 0 Å². The van der Waals surface area contributed by atoms with Crippen molar-refractivity contribution in [2.45, 2.75) is 0 Å². The molecule has 0 spiro atoms. The monoisotopic (exact) mass is 222 g/mol. The molecule has 0 N–H and O–H groups in total.